The molecule has 0 aromatic rings. The lowest BCUT2D eigenvalue weighted by atomic mass is 9.89. The first-order valence-electron chi connectivity index (χ1n) is 9.07. The molecule has 0 unspecified atom stereocenters. The molecule has 5 N–H and O–H groups in total. The fourth-order valence-electron chi connectivity index (χ4n) is 2.66. The Balaban J connectivity index is 3.83. The number of hydrogen-bond acceptors (Lipinski definition) is 4. The van der Waals surface area contributed by atoms with Gasteiger partial charge in [-0.15, -0.1) is 6.58 Å². The van der Waals surface area contributed by atoms with Crippen LogP contribution in [-0.2, 0) is 9.09 Å². The van der Waals surface area contributed by atoms with Crippen LogP contribution >= 0.6 is 7.82 Å². The summed E-state index contributed by atoms with van der Waals surface area (Å²) in [6.07, 6.45) is 13.7. The van der Waals surface area contributed by atoms with Crippen molar-refractivity contribution in [3.05, 3.63) is 12.7 Å². The predicted molar refractivity (Wildman–Crippen MR) is 97.6 cm³/mol. The molecular formula is C17H36NO5P. The first-order valence-corrected chi connectivity index (χ1v) is 10.6. The summed E-state index contributed by atoms with van der Waals surface area (Å²) >= 11 is 0. The first kappa shape index (κ1) is 23.8. The third-order valence-electron chi connectivity index (χ3n) is 4.35. The third-order valence-corrected chi connectivity index (χ3v) is 4.83. The number of unbranched alkanes of at least 4 members (excludes halogenated alkanes) is 9. The van der Waals surface area contributed by atoms with Gasteiger partial charge < -0.3 is 20.6 Å². The van der Waals surface area contributed by atoms with Crippen molar-refractivity contribution in [1.29, 1.82) is 0 Å². The van der Waals surface area contributed by atoms with Gasteiger partial charge in [0.05, 0.1) is 18.2 Å². The maximum absolute atomic E-state index is 10.7. The van der Waals surface area contributed by atoms with Crippen molar-refractivity contribution >= 4 is 7.82 Å². The Bertz CT molecular complexity index is 374. The second-order valence-corrected chi connectivity index (χ2v) is 7.76. The molecule has 0 aliphatic rings. The Morgan fingerprint density at radius 3 is 1.96 bits per heavy atom. The summed E-state index contributed by atoms with van der Waals surface area (Å²) in [6.45, 7) is 5.39. The quantitative estimate of drug-likeness (QED) is 0.189. The van der Waals surface area contributed by atoms with Crippen molar-refractivity contribution in [3.63, 3.8) is 0 Å². The van der Waals surface area contributed by atoms with E-state index in [0.29, 0.717) is 6.42 Å². The van der Waals surface area contributed by atoms with Gasteiger partial charge in [0.2, 0.25) is 0 Å². The summed E-state index contributed by atoms with van der Waals surface area (Å²) in [5, 5.41) is 10.4. The monoisotopic (exact) mass is 365 g/mol. The van der Waals surface area contributed by atoms with E-state index in [1.807, 2.05) is 0 Å². The predicted octanol–water partition coefficient (Wildman–Crippen LogP) is 3.65. The Morgan fingerprint density at radius 2 is 1.54 bits per heavy atom. The van der Waals surface area contributed by atoms with Gasteiger partial charge in [-0.05, 0) is 6.42 Å². The fraction of sp³-hybridized carbons (Fsp3) is 0.882. The van der Waals surface area contributed by atoms with Gasteiger partial charge in [0.1, 0.15) is 0 Å². The zero-order chi connectivity index (χ0) is 18.5. The van der Waals surface area contributed by atoms with Crippen molar-refractivity contribution < 1.29 is 24.0 Å². The highest BCUT2D eigenvalue weighted by molar-refractivity contribution is 7.46. The first-order chi connectivity index (χ1) is 11.2. The van der Waals surface area contributed by atoms with Crippen LogP contribution in [0.15, 0.2) is 12.7 Å². The molecule has 0 bridgehead atoms. The van der Waals surface area contributed by atoms with E-state index >= 15 is 0 Å². The molecule has 24 heavy (non-hydrogen) atoms. The zero-order valence-corrected chi connectivity index (χ0v) is 15.9. The normalized spacial score (nSPS) is 15.9. The topological polar surface area (TPSA) is 113 Å². The lowest BCUT2D eigenvalue weighted by Gasteiger charge is -2.30. The molecule has 0 aromatic carbocycles. The molecule has 0 amide bonds. The van der Waals surface area contributed by atoms with Crippen molar-refractivity contribution in [1.82, 2.24) is 0 Å². The minimum Gasteiger partial charge on any atom is -0.384 e. The molecule has 0 saturated heterocycles. The van der Waals surface area contributed by atoms with E-state index in [0.717, 1.165) is 19.3 Å². The fourth-order valence-corrected chi connectivity index (χ4v) is 3.01. The molecule has 0 spiro atoms. The molecule has 6 nitrogen and oxygen atoms in total. The van der Waals surface area contributed by atoms with E-state index in [1.54, 1.807) is 0 Å². The highest BCUT2D eigenvalue weighted by atomic mass is 31.2. The molecule has 7 heteroatoms. The summed E-state index contributed by atoms with van der Waals surface area (Å²) in [6, 6.07) is -0.916. The Hall–Kier alpha value is -0.230. The molecule has 144 valence electrons. The Labute approximate surface area is 146 Å². The molecule has 0 aromatic heterocycles. The van der Waals surface area contributed by atoms with Crippen molar-refractivity contribution in [2.24, 2.45) is 5.73 Å². The van der Waals surface area contributed by atoms with E-state index < -0.39 is 26.1 Å². The van der Waals surface area contributed by atoms with Crippen LogP contribution in [0.25, 0.3) is 0 Å². The van der Waals surface area contributed by atoms with Gasteiger partial charge in [-0.1, -0.05) is 77.2 Å². The highest BCUT2D eigenvalue weighted by Crippen LogP contribution is 2.36. The van der Waals surface area contributed by atoms with Crippen molar-refractivity contribution in [2.45, 2.75) is 89.2 Å². The third kappa shape index (κ3) is 12.2. The smallest absolute Gasteiger partial charge is 0.384 e. The van der Waals surface area contributed by atoms with Gasteiger partial charge in [0, 0.05) is 0 Å². The van der Waals surface area contributed by atoms with Crippen LogP contribution in [-0.4, -0.2) is 33.1 Å². The van der Waals surface area contributed by atoms with Crippen LogP contribution in [0.1, 0.15) is 77.6 Å². The molecule has 0 saturated carbocycles. The number of phosphoric ester groups is 1. The molecule has 2 atom stereocenters. The van der Waals surface area contributed by atoms with Crippen LogP contribution in [0.3, 0.4) is 0 Å². The lowest BCUT2D eigenvalue weighted by molar-refractivity contribution is 0.0292. The van der Waals surface area contributed by atoms with Crippen molar-refractivity contribution in [3.8, 4) is 0 Å². The maximum Gasteiger partial charge on any atom is 0.469 e. The molecule has 0 aliphatic carbocycles. The summed E-state index contributed by atoms with van der Waals surface area (Å²) in [5.41, 5.74) is 4.43. The van der Waals surface area contributed by atoms with E-state index in [2.05, 4.69) is 18.0 Å². The van der Waals surface area contributed by atoms with E-state index in [1.165, 1.54) is 51.0 Å². The SMILES string of the molecule is C=C[C@@](O)(CCCCCCCCCCCC)[C@H](N)COP(=O)(O)O. The van der Waals surface area contributed by atoms with Gasteiger partial charge in [-0.2, -0.15) is 0 Å². The Kier molecular flexibility index (Phi) is 12.9. The van der Waals surface area contributed by atoms with Crippen LogP contribution in [0.5, 0.6) is 0 Å². The van der Waals surface area contributed by atoms with E-state index in [4.69, 9.17) is 15.5 Å². The summed E-state index contributed by atoms with van der Waals surface area (Å²) < 4.78 is 15.1. The van der Waals surface area contributed by atoms with E-state index in [9.17, 15) is 9.67 Å². The number of phosphoric acid groups is 1. The van der Waals surface area contributed by atoms with Crippen LogP contribution < -0.4 is 5.73 Å². The van der Waals surface area contributed by atoms with Crippen LogP contribution in [0.4, 0.5) is 0 Å². The second kappa shape index (κ2) is 13.0. The summed E-state index contributed by atoms with van der Waals surface area (Å²) in [7, 11) is -4.58. The number of rotatable bonds is 16. The standard InChI is InChI=1S/C17H36NO5P/c1-3-5-6-7-8-9-10-11-12-13-14-17(19,4-2)16(18)15-23-24(20,21)22/h4,16,19H,2-3,5-15,18H2,1H3,(H2,20,21,22)/t16-,17-/m1/s1. The highest BCUT2D eigenvalue weighted by Gasteiger charge is 2.32. The summed E-state index contributed by atoms with van der Waals surface area (Å²) in [4.78, 5) is 17.4. The largest absolute Gasteiger partial charge is 0.469 e. The molecule has 0 rings (SSSR count). The van der Waals surface area contributed by atoms with Gasteiger partial charge in [-0.3, -0.25) is 4.52 Å². The van der Waals surface area contributed by atoms with E-state index in [-0.39, 0.29) is 0 Å². The lowest BCUT2D eigenvalue weighted by Crippen LogP contribution is -2.49. The summed E-state index contributed by atoms with van der Waals surface area (Å²) in [5.74, 6) is 0. The minimum atomic E-state index is -4.58. The molecule has 0 fully saturated rings. The number of aliphatic hydroxyl groups is 1. The second-order valence-electron chi connectivity index (χ2n) is 6.52. The molecule has 0 radical (unpaired) electrons. The van der Waals surface area contributed by atoms with Gasteiger partial charge >= 0.3 is 7.82 Å². The van der Waals surface area contributed by atoms with Crippen LogP contribution in [0.2, 0.25) is 0 Å². The van der Waals surface area contributed by atoms with Crippen molar-refractivity contribution in [2.75, 3.05) is 6.61 Å². The molecule has 0 aliphatic heterocycles. The minimum absolute atomic E-state index is 0.412. The number of nitrogens with two attached hydrogens (primary N) is 1. The Morgan fingerprint density at radius 1 is 1.08 bits per heavy atom. The average Bonchev–Trinajstić information content (AvgIpc) is 2.53. The average molecular weight is 365 g/mol. The zero-order valence-electron chi connectivity index (χ0n) is 15.0. The van der Waals surface area contributed by atoms with Crippen LogP contribution in [0, 0.1) is 0 Å². The molecule has 0 heterocycles. The van der Waals surface area contributed by atoms with Gasteiger partial charge in [0.25, 0.3) is 0 Å². The maximum atomic E-state index is 10.7. The number of hydrogen-bond donors (Lipinski definition) is 4. The van der Waals surface area contributed by atoms with Gasteiger partial charge in [-0.25, -0.2) is 4.57 Å². The molecular weight excluding hydrogens is 329 g/mol. The van der Waals surface area contributed by atoms with Gasteiger partial charge in [0.15, 0.2) is 0 Å².